The first-order valence-corrected chi connectivity index (χ1v) is 15.8. The summed E-state index contributed by atoms with van der Waals surface area (Å²) in [6.07, 6.45) is -7.16. The van der Waals surface area contributed by atoms with Crippen molar-refractivity contribution in [3.8, 4) is 28.7 Å². The van der Waals surface area contributed by atoms with E-state index in [9.17, 15) is 20.1 Å². The molecule has 10 atom stereocenters. The molecule has 13 nitrogen and oxygen atoms in total. The number of benzene rings is 2. The number of carbonyl (C=O) groups excluding carboxylic acids is 1. The van der Waals surface area contributed by atoms with Gasteiger partial charge in [0, 0.05) is 11.8 Å². The number of phenolic OH excluding ortho intramolecular Hbond substituents is 1. The highest BCUT2D eigenvalue weighted by Gasteiger charge is 2.56. The second-order valence-electron chi connectivity index (χ2n) is 11.8. The summed E-state index contributed by atoms with van der Waals surface area (Å²) < 4.78 is 52.6. The zero-order valence-electron chi connectivity index (χ0n) is 24.8. The van der Waals surface area contributed by atoms with Crippen LogP contribution in [0.4, 0.5) is 0 Å². The molecule has 0 saturated carbocycles. The molecule has 1 aliphatic carbocycles. The maximum absolute atomic E-state index is 13.5. The minimum atomic E-state index is -1.47. The van der Waals surface area contributed by atoms with Gasteiger partial charge in [0.25, 0.3) is 0 Å². The van der Waals surface area contributed by atoms with Crippen LogP contribution in [0.25, 0.3) is 0 Å². The van der Waals surface area contributed by atoms with E-state index in [1.807, 2.05) is 23.6 Å². The number of aliphatic hydroxyl groups excluding tert-OH is 2. The first-order valence-electron chi connectivity index (χ1n) is 14.9. The van der Waals surface area contributed by atoms with Gasteiger partial charge < -0.3 is 58.0 Å². The molecule has 2 aromatic carbocycles. The van der Waals surface area contributed by atoms with Gasteiger partial charge in [-0.05, 0) is 52.4 Å². The zero-order chi connectivity index (χ0) is 31.7. The summed E-state index contributed by atoms with van der Waals surface area (Å²) in [5.74, 6) is -1.08. The van der Waals surface area contributed by atoms with Gasteiger partial charge in [-0.3, -0.25) is 4.79 Å². The van der Waals surface area contributed by atoms with Gasteiger partial charge in [0.15, 0.2) is 35.6 Å². The number of aromatic hydroxyl groups is 1. The number of rotatable bonds is 6. The highest BCUT2D eigenvalue weighted by atomic mass is 32.1. The van der Waals surface area contributed by atoms with Gasteiger partial charge in [-0.2, -0.15) is 0 Å². The second kappa shape index (κ2) is 11.6. The van der Waals surface area contributed by atoms with Crippen LogP contribution in [0.3, 0.4) is 0 Å². The van der Waals surface area contributed by atoms with Crippen LogP contribution in [-0.4, -0.2) is 86.2 Å². The summed E-state index contributed by atoms with van der Waals surface area (Å²) in [6, 6.07) is 10.7. The minimum Gasteiger partial charge on any atom is -0.502 e. The summed E-state index contributed by atoms with van der Waals surface area (Å²) in [6.45, 7) is 0.171. The number of methoxy groups -OCH3 is 2. The molecule has 3 aromatic rings. The molecule has 4 aliphatic heterocycles. The molecular weight excluding hydrogens is 624 g/mol. The molecule has 3 saturated heterocycles. The first kappa shape index (κ1) is 29.8. The Hall–Kier alpha value is -3.63. The third-order valence-electron chi connectivity index (χ3n) is 9.37. The number of thiophene rings is 1. The van der Waals surface area contributed by atoms with Crippen molar-refractivity contribution in [1.29, 1.82) is 0 Å². The maximum atomic E-state index is 13.5. The lowest BCUT2D eigenvalue weighted by Gasteiger charge is -2.48. The van der Waals surface area contributed by atoms with E-state index in [0.717, 1.165) is 4.88 Å². The van der Waals surface area contributed by atoms with Gasteiger partial charge in [-0.25, -0.2) is 0 Å². The Labute approximate surface area is 267 Å². The predicted molar refractivity (Wildman–Crippen MR) is 156 cm³/mol. The number of cyclic esters (lactones) is 1. The van der Waals surface area contributed by atoms with Gasteiger partial charge >= 0.3 is 5.97 Å². The summed E-state index contributed by atoms with van der Waals surface area (Å²) >= 11 is 1.46. The van der Waals surface area contributed by atoms with Crippen molar-refractivity contribution in [2.24, 2.45) is 11.8 Å². The van der Waals surface area contributed by atoms with Crippen LogP contribution in [0, 0.1) is 11.8 Å². The van der Waals surface area contributed by atoms with Crippen molar-refractivity contribution in [3.05, 3.63) is 63.3 Å². The molecule has 3 N–H and O–H groups in total. The topological polar surface area (TPSA) is 161 Å². The normalized spacial score (nSPS) is 34.3. The van der Waals surface area contributed by atoms with E-state index < -0.39 is 66.8 Å². The molecule has 5 heterocycles. The molecule has 0 amide bonds. The SMILES string of the molecule is COc1cc([C@@H]2c3cc4c(cc3[C@@H](O[C@@H]3O[C@H]5CO[C@@H](c6cccs6)O[C@@H]5[C@@H](O)[C@@H]3O)[C@H]3COC(=O)[C@H]23)OCO4)cc(OC)c1O. The molecule has 14 heteroatoms. The van der Waals surface area contributed by atoms with Crippen molar-refractivity contribution in [2.45, 2.75) is 49.0 Å². The van der Waals surface area contributed by atoms with Crippen molar-refractivity contribution in [1.82, 2.24) is 0 Å². The average molecular weight is 657 g/mol. The van der Waals surface area contributed by atoms with Crippen LogP contribution in [-0.2, 0) is 28.5 Å². The van der Waals surface area contributed by atoms with Gasteiger partial charge in [-0.1, -0.05) is 6.07 Å². The van der Waals surface area contributed by atoms with Crippen molar-refractivity contribution in [2.75, 3.05) is 34.2 Å². The van der Waals surface area contributed by atoms with Crippen molar-refractivity contribution in [3.63, 3.8) is 0 Å². The summed E-state index contributed by atoms with van der Waals surface area (Å²) in [5.41, 5.74) is 2.00. The maximum Gasteiger partial charge on any atom is 0.310 e. The molecule has 0 bridgehead atoms. The Bertz CT molecular complexity index is 1600. The molecule has 3 fully saturated rings. The Morgan fingerprint density at radius 1 is 0.913 bits per heavy atom. The van der Waals surface area contributed by atoms with Gasteiger partial charge in [0.05, 0.1) is 44.3 Å². The third kappa shape index (κ3) is 4.70. The molecule has 46 heavy (non-hydrogen) atoms. The van der Waals surface area contributed by atoms with Gasteiger partial charge in [-0.15, -0.1) is 11.3 Å². The molecular formula is C32H32O13S. The summed E-state index contributed by atoms with van der Waals surface area (Å²) in [7, 11) is 2.86. The number of carbonyl (C=O) groups is 1. The van der Waals surface area contributed by atoms with Gasteiger partial charge in [0.2, 0.25) is 12.5 Å². The Balaban J connectivity index is 1.16. The lowest BCUT2D eigenvalue weighted by molar-refractivity contribution is -0.368. The number of aliphatic hydroxyl groups is 2. The largest absolute Gasteiger partial charge is 0.502 e. The van der Waals surface area contributed by atoms with Crippen molar-refractivity contribution < 1.29 is 62.7 Å². The Kier molecular flexibility index (Phi) is 7.48. The van der Waals surface area contributed by atoms with E-state index in [1.165, 1.54) is 25.6 Å². The molecule has 244 valence electrons. The zero-order valence-corrected chi connectivity index (χ0v) is 25.6. The van der Waals surface area contributed by atoms with Gasteiger partial charge in [0.1, 0.15) is 24.4 Å². The van der Waals surface area contributed by atoms with E-state index in [-0.39, 0.29) is 37.3 Å². The average Bonchev–Trinajstić information content (AvgIpc) is 3.85. The van der Waals surface area contributed by atoms with Crippen LogP contribution < -0.4 is 18.9 Å². The molecule has 1 aromatic heterocycles. The molecule has 8 rings (SSSR count). The van der Waals surface area contributed by atoms with E-state index in [0.29, 0.717) is 28.2 Å². The predicted octanol–water partition coefficient (Wildman–Crippen LogP) is 2.75. The quantitative estimate of drug-likeness (QED) is 0.333. The summed E-state index contributed by atoms with van der Waals surface area (Å²) in [5, 5.41) is 35.0. The molecule has 0 unspecified atom stereocenters. The number of ether oxygens (including phenoxy) is 9. The number of esters is 1. The van der Waals surface area contributed by atoms with Crippen molar-refractivity contribution >= 4 is 17.3 Å². The van der Waals surface area contributed by atoms with E-state index in [4.69, 9.17) is 42.6 Å². The highest BCUT2D eigenvalue weighted by Crippen LogP contribution is 2.57. The van der Waals surface area contributed by atoms with Crippen LogP contribution >= 0.6 is 11.3 Å². The van der Waals surface area contributed by atoms with E-state index >= 15 is 0 Å². The van der Waals surface area contributed by atoms with Crippen LogP contribution in [0.5, 0.6) is 28.7 Å². The second-order valence-corrected chi connectivity index (χ2v) is 12.7. The fourth-order valence-corrected chi connectivity index (χ4v) is 7.89. The molecule has 0 radical (unpaired) electrons. The monoisotopic (exact) mass is 656 g/mol. The fraction of sp³-hybridized carbons (Fsp3) is 0.469. The fourth-order valence-electron chi connectivity index (χ4n) is 7.18. The Morgan fingerprint density at radius 2 is 1.65 bits per heavy atom. The number of hydrogen-bond donors (Lipinski definition) is 3. The van der Waals surface area contributed by atoms with Crippen LogP contribution in [0.1, 0.15) is 39.9 Å². The Morgan fingerprint density at radius 3 is 2.35 bits per heavy atom. The summed E-state index contributed by atoms with van der Waals surface area (Å²) in [4.78, 5) is 14.3. The number of fused-ring (bicyclic) bond motifs is 4. The third-order valence-corrected chi connectivity index (χ3v) is 10.3. The number of phenols is 1. The lowest BCUT2D eigenvalue weighted by Crippen LogP contribution is -2.62. The highest BCUT2D eigenvalue weighted by molar-refractivity contribution is 7.10. The first-order chi connectivity index (χ1) is 22.4. The molecule has 0 spiro atoms. The smallest absolute Gasteiger partial charge is 0.310 e. The van der Waals surface area contributed by atoms with E-state index in [2.05, 4.69) is 0 Å². The molecule has 5 aliphatic rings. The lowest BCUT2D eigenvalue weighted by atomic mass is 9.66. The van der Waals surface area contributed by atoms with Crippen LogP contribution in [0.15, 0.2) is 41.8 Å². The minimum absolute atomic E-state index is 0.0242. The standard InChI is InChI=1S/C32H32O13S/c1-37-19-6-13(7-20(38-2)25(19)33)23-14-8-17-18(42-12-41-17)9-15(14)28(16-10-39-30(36)24(16)23)44-32-27(35)26(34)29-21(43-32)11-40-31(45-29)22-4-3-5-46-22/h3-9,16,21,23-24,26-29,31-35H,10-12H2,1-2H3/t16-,21-,23+,24-,26-,27-,28+,29-,31+,32-/m0/s1. The number of hydrogen-bond acceptors (Lipinski definition) is 14. The van der Waals surface area contributed by atoms with Crippen LogP contribution in [0.2, 0.25) is 0 Å². The van der Waals surface area contributed by atoms with E-state index in [1.54, 1.807) is 18.2 Å².